The lowest BCUT2D eigenvalue weighted by atomic mass is 10.1. The zero-order valence-corrected chi connectivity index (χ0v) is 9.68. The Bertz CT molecular complexity index is 519. The Morgan fingerprint density at radius 1 is 1.38 bits per heavy atom. The summed E-state index contributed by atoms with van der Waals surface area (Å²) < 4.78 is 43.3. The molecule has 0 bridgehead atoms. The second-order valence-corrected chi connectivity index (χ2v) is 3.81. The monoisotopic (exact) mass is 226 g/mol. The van der Waals surface area contributed by atoms with Crippen LogP contribution >= 0.6 is 0 Å². The van der Waals surface area contributed by atoms with E-state index in [2.05, 4.69) is 5.32 Å². The van der Waals surface area contributed by atoms with E-state index < -0.39 is 18.2 Å². The number of hydrogen-bond acceptors (Lipinski definition) is 2. The molecule has 16 heavy (non-hydrogen) atoms. The van der Waals surface area contributed by atoms with Gasteiger partial charge in [0.1, 0.15) is 0 Å². The van der Waals surface area contributed by atoms with Crippen LogP contribution in [0.3, 0.4) is 0 Å². The molecule has 0 radical (unpaired) electrons. The van der Waals surface area contributed by atoms with E-state index in [1.54, 1.807) is 20.8 Å². The fourth-order valence-electron chi connectivity index (χ4n) is 1.18. The van der Waals surface area contributed by atoms with Gasteiger partial charge >= 0.3 is 6.09 Å². The first kappa shape index (κ1) is 6.94. The molecule has 1 rings (SSSR count). The zero-order chi connectivity index (χ0) is 16.3. The van der Waals surface area contributed by atoms with Gasteiger partial charge in [0.25, 0.3) is 0 Å². The second kappa shape index (κ2) is 6.16. The standard InChI is InChI=1S/C13H19NO2/c1-10(2)16-13(15)14-11(3)9-12-7-5-4-6-8-12/h4-8,10-11H,9H2,1-3H3,(H,14,15)/t11-/m0/s1/i4D,5D,6D,7D,8D. The second-order valence-electron chi connectivity index (χ2n) is 3.81. The highest BCUT2D eigenvalue weighted by molar-refractivity contribution is 5.67. The number of carbonyl (C=O) groups is 1. The van der Waals surface area contributed by atoms with Crippen molar-refractivity contribution in [2.45, 2.75) is 39.3 Å². The third-order valence-electron chi connectivity index (χ3n) is 1.77. The van der Waals surface area contributed by atoms with Gasteiger partial charge in [-0.2, -0.15) is 0 Å². The maximum Gasteiger partial charge on any atom is 0.407 e. The number of rotatable bonds is 4. The van der Waals surface area contributed by atoms with E-state index in [1.807, 2.05) is 0 Å². The molecule has 1 atom stereocenters. The first-order valence-electron chi connectivity index (χ1n) is 7.68. The van der Waals surface area contributed by atoms with Gasteiger partial charge in [0.2, 0.25) is 0 Å². The van der Waals surface area contributed by atoms with Gasteiger partial charge < -0.3 is 10.1 Å². The third-order valence-corrected chi connectivity index (χ3v) is 1.77. The molecule has 1 amide bonds. The van der Waals surface area contributed by atoms with E-state index in [0.29, 0.717) is 0 Å². The number of benzene rings is 1. The largest absolute Gasteiger partial charge is 0.447 e. The van der Waals surface area contributed by atoms with Crippen molar-refractivity contribution in [1.82, 2.24) is 5.32 Å². The van der Waals surface area contributed by atoms with Crippen molar-refractivity contribution in [3.8, 4) is 0 Å². The maximum atomic E-state index is 11.5. The normalized spacial score (nSPS) is 16.6. The Labute approximate surface area is 104 Å². The molecule has 0 heterocycles. The maximum absolute atomic E-state index is 11.5. The summed E-state index contributed by atoms with van der Waals surface area (Å²) in [4.78, 5) is 11.5. The van der Waals surface area contributed by atoms with E-state index >= 15 is 0 Å². The van der Waals surface area contributed by atoms with Crippen LogP contribution in [-0.4, -0.2) is 18.2 Å². The van der Waals surface area contributed by atoms with Crippen molar-refractivity contribution in [3.05, 3.63) is 35.8 Å². The topological polar surface area (TPSA) is 38.3 Å². The summed E-state index contributed by atoms with van der Waals surface area (Å²) in [7, 11) is 0. The minimum absolute atomic E-state index is 0.128. The smallest absolute Gasteiger partial charge is 0.407 e. The fourth-order valence-corrected chi connectivity index (χ4v) is 1.18. The summed E-state index contributed by atoms with van der Waals surface area (Å²) in [5.41, 5.74) is 0.179. The van der Waals surface area contributed by atoms with Gasteiger partial charge in [-0.25, -0.2) is 4.79 Å². The third kappa shape index (κ3) is 4.82. The summed E-state index contributed by atoms with van der Waals surface area (Å²) in [6, 6.07) is -2.07. The number of nitrogens with one attached hydrogen (secondary N) is 1. The lowest BCUT2D eigenvalue weighted by molar-refractivity contribution is 0.113. The van der Waals surface area contributed by atoms with Crippen LogP contribution < -0.4 is 5.32 Å². The first-order valence-corrected chi connectivity index (χ1v) is 5.18. The molecule has 0 aromatic heterocycles. The van der Waals surface area contributed by atoms with E-state index in [9.17, 15) is 4.79 Å². The molecular formula is C13H19NO2. The van der Waals surface area contributed by atoms with Crippen LogP contribution in [0, 0.1) is 0 Å². The van der Waals surface area contributed by atoms with Gasteiger partial charge in [-0.05, 0) is 32.8 Å². The molecule has 1 aromatic carbocycles. The summed E-state index contributed by atoms with van der Waals surface area (Å²) in [6.07, 6.45) is -0.717. The lowest BCUT2D eigenvalue weighted by Gasteiger charge is -2.15. The SMILES string of the molecule is [2H]c1c([2H])c([2H])c(C[C@H](C)NC(=O)OC(C)C)c([2H])c1[2H]. The van der Waals surface area contributed by atoms with Crippen LogP contribution in [-0.2, 0) is 11.2 Å². The van der Waals surface area contributed by atoms with Gasteiger partial charge in [0.05, 0.1) is 13.0 Å². The number of amides is 1. The molecule has 3 heteroatoms. The summed E-state index contributed by atoms with van der Waals surface area (Å²) in [5.74, 6) is 0. The van der Waals surface area contributed by atoms with Crippen molar-refractivity contribution < 1.29 is 16.4 Å². The molecule has 0 fully saturated rings. The molecule has 0 saturated carbocycles. The predicted octanol–water partition coefficient (Wildman–Crippen LogP) is 2.75. The van der Waals surface area contributed by atoms with Gasteiger partial charge in [0.15, 0.2) is 0 Å². The quantitative estimate of drug-likeness (QED) is 0.857. The average Bonchev–Trinajstić information content (AvgIpc) is 2.38. The van der Waals surface area contributed by atoms with Crippen LogP contribution in [0.5, 0.6) is 0 Å². The van der Waals surface area contributed by atoms with Crippen LogP contribution in [0.1, 0.15) is 33.2 Å². The van der Waals surface area contributed by atoms with Crippen molar-refractivity contribution in [2.75, 3.05) is 0 Å². The van der Waals surface area contributed by atoms with E-state index in [4.69, 9.17) is 11.6 Å². The van der Waals surface area contributed by atoms with Gasteiger partial charge in [0, 0.05) is 6.04 Å². The number of ether oxygens (including phenoxy) is 1. The Morgan fingerprint density at radius 2 is 2.00 bits per heavy atom. The Balaban J connectivity index is 2.91. The highest BCUT2D eigenvalue weighted by atomic mass is 16.6. The predicted molar refractivity (Wildman–Crippen MR) is 64.4 cm³/mol. The van der Waals surface area contributed by atoms with Crippen molar-refractivity contribution >= 4 is 6.09 Å². The molecule has 1 aromatic rings. The molecule has 0 aliphatic rings. The Hall–Kier alpha value is -1.51. The molecule has 0 saturated heterocycles. The summed E-state index contributed by atoms with van der Waals surface area (Å²) in [6.45, 7) is 5.13. The summed E-state index contributed by atoms with van der Waals surface area (Å²) in [5, 5.41) is 2.57. The van der Waals surface area contributed by atoms with Crippen LogP contribution in [0.25, 0.3) is 0 Å². The molecule has 3 nitrogen and oxygen atoms in total. The van der Waals surface area contributed by atoms with E-state index in [1.165, 1.54) is 0 Å². The Kier molecular flexibility index (Phi) is 2.67. The van der Waals surface area contributed by atoms with Crippen LogP contribution in [0.4, 0.5) is 4.79 Å². The fraction of sp³-hybridized carbons (Fsp3) is 0.462. The molecule has 0 spiro atoms. The average molecular weight is 226 g/mol. The molecule has 1 N–H and O–H groups in total. The molecule has 0 unspecified atom stereocenters. The summed E-state index contributed by atoms with van der Waals surface area (Å²) >= 11 is 0. The minimum Gasteiger partial charge on any atom is -0.447 e. The molecule has 0 aliphatic heterocycles. The Morgan fingerprint density at radius 3 is 2.56 bits per heavy atom. The van der Waals surface area contributed by atoms with Gasteiger partial charge in [-0.1, -0.05) is 30.2 Å². The van der Waals surface area contributed by atoms with E-state index in [0.717, 1.165) is 0 Å². The molecule has 88 valence electrons. The molecule has 0 aliphatic carbocycles. The highest BCUT2D eigenvalue weighted by Crippen LogP contribution is 2.03. The lowest BCUT2D eigenvalue weighted by Crippen LogP contribution is -2.35. The van der Waals surface area contributed by atoms with Gasteiger partial charge in [-0.15, -0.1) is 0 Å². The highest BCUT2D eigenvalue weighted by Gasteiger charge is 2.09. The van der Waals surface area contributed by atoms with Gasteiger partial charge in [-0.3, -0.25) is 0 Å². The number of hydrogen-bond donors (Lipinski definition) is 1. The van der Waals surface area contributed by atoms with Crippen LogP contribution in [0.2, 0.25) is 0 Å². The minimum atomic E-state index is -0.593. The number of alkyl carbamates (subject to hydrolysis) is 1. The van der Waals surface area contributed by atoms with E-state index in [-0.39, 0.29) is 42.3 Å². The van der Waals surface area contributed by atoms with Crippen molar-refractivity contribution in [1.29, 1.82) is 0 Å². The van der Waals surface area contributed by atoms with Crippen LogP contribution in [0.15, 0.2) is 30.2 Å². The molecular weight excluding hydrogens is 202 g/mol. The van der Waals surface area contributed by atoms with Crippen molar-refractivity contribution in [2.24, 2.45) is 0 Å². The zero-order valence-electron chi connectivity index (χ0n) is 14.7. The number of carbonyl (C=O) groups excluding carboxylic acids is 1. The van der Waals surface area contributed by atoms with Crippen molar-refractivity contribution in [3.63, 3.8) is 0 Å². The first-order chi connectivity index (χ1) is 9.65.